The molecule has 0 bridgehead atoms. The summed E-state index contributed by atoms with van der Waals surface area (Å²) in [4.78, 5) is 26.4. The fourth-order valence-electron chi connectivity index (χ4n) is 2.93. The molecule has 0 fully saturated rings. The van der Waals surface area contributed by atoms with Crippen LogP contribution >= 0.6 is 0 Å². The third-order valence-corrected chi connectivity index (χ3v) is 4.21. The van der Waals surface area contributed by atoms with E-state index >= 15 is 0 Å². The number of aromatic nitrogens is 2. The van der Waals surface area contributed by atoms with E-state index in [1.807, 2.05) is 54.6 Å². The minimum absolute atomic E-state index is 0.0634. The Hall–Kier alpha value is -3.21. The third-order valence-electron chi connectivity index (χ3n) is 4.21. The number of hydrogen-bond acceptors (Lipinski definition) is 3. The van der Waals surface area contributed by atoms with Crippen molar-refractivity contribution in [3.8, 4) is 0 Å². The van der Waals surface area contributed by atoms with Crippen LogP contribution in [0.25, 0.3) is 0 Å². The van der Waals surface area contributed by atoms with Crippen molar-refractivity contribution in [1.82, 2.24) is 9.55 Å². The molecule has 2 N–H and O–H groups in total. The smallest absolute Gasteiger partial charge is 0.218 e. The van der Waals surface area contributed by atoms with Gasteiger partial charge in [-0.3, -0.25) is 9.59 Å². The number of aldehydes is 1. The number of carbonyl (C=O) groups is 2. The lowest BCUT2D eigenvalue weighted by Crippen LogP contribution is -2.16. The van der Waals surface area contributed by atoms with Gasteiger partial charge in [0.15, 0.2) is 6.29 Å². The lowest BCUT2D eigenvalue weighted by molar-refractivity contribution is -0.118. The van der Waals surface area contributed by atoms with Gasteiger partial charge < -0.3 is 10.3 Å². The van der Waals surface area contributed by atoms with E-state index in [9.17, 15) is 9.59 Å². The molecule has 3 rings (SSSR count). The molecule has 0 aliphatic carbocycles. The minimum atomic E-state index is -0.327. The molecule has 1 unspecified atom stereocenters. The maximum Gasteiger partial charge on any atom is 0.218 e. The summed E-state index contributed by atoms with van der Waals surface area (Å²) < 4.78 is 1.79. The molecule has 1 heterocycles. The number of hydrogen-bond donors (Lipinski definition) is 1. The summed E-state index contributed by atoms with van der Waals surface area (Å²) in [7, 11) is 0. The average Bonchev–Trinajstić information content (AvgIpc) is 3.08. The zero-order valence-corrected chi connectivity index (χ0v) is 13.7. The molecule has 0 radical (unpaired) electrons. The van der Waals surface area contributed by atoms with Crippen LogP contribution in [0, 0.1) is 0 Å². The predicted molar refractivity (Wildman–Crippen MR) is 95.3 cm³/mol. The SMILES string of the molecule is NC(=O)CC(c1ccccc1)c1ccc(Cn2cncc2C=O)cc1. The van der Waals surface area contributed by atoms with E-state index in [-0.39, 0.29) is 18.2 Å². The van der Waals surface area contributed by atoms with E-state index < -0.39 is 0 Å². The Morgan fingerprint density at radius 3 is 2.40 bits per heavy atom. The minimum Gasteiger partial charge on any atom is -0.370 e. The highest BCUT2D eigenvalue weighted by molar-refractivity contribution is 5.75. The highest BCUT2D eigenvalue weighted by Crippen LogP contribution is 2.28. The van der Waals surface area contributed by atoms with Crippen LogP contribution in [0.15, 0.2) is 67.1 Å². The molecule has 1 atom stereocenters. The summed E-state index contributed by atoms with van der Waals surface area (Å²) >= 11 is 0. The van der Waals surface area contributed by atoms with E-state index in [4.69, 9.17) is 5.73 Å². The Morgan fingerprint density at radius 1 is 1.08 bits per heavy atom. The van der Waals surface area contributed by atoms with Gasteiger partial charge in [0.05, 0.1) is 12.5 Å². The first-order valence-corrected chi connectivity index (χ1v) is 8.05. The summed E-state index contributed by atoms with van der Waals surface area (Å²) in [6, 6.07) is 17.9. The van der Waals surface area contributed by atoms with E-state index in [1.165, 1.54) is 0 Å². The van der Waals surface area contributed by atoms with Gasteiger partial charge in [-0.25, -0.2) is 4.98 Å². The second-order valence-corrected chi connectivity index (χ2v) is 5.94. The van der Waals surface area contributed by atoms with Crippen molar-refractivity contribution < 1.29 is 9.59 Å². The highest BCUT2D eigenvalue weighted by atomic mass is 16.1. The quantitative estimate of drug-likeness (QED) is 0.675. The van der Waals surface area contributed by atoms with Crippen molar-refractivity contribution in [1.29, 1.82) is 0 Å². The van der Waals surface area contributed by atoms with Crippen LogP contribution in [0.2, 0.25) is 0 Å². The highest BCUT2D eigenvalue weighted by Gasteiger charge is 2.16. The average molecular weight is 333 g/mol. The molecule has 0 aliphatic heterocycles. The van der Waals surface area contributed by atoms with Crippen molar-refractivity contribution in [3.63, 3.8) is 0 Å². The summed E-state index contributed by atoms with van der Waals surface area (Å²) in [5.74, 6) is -0.390. The number of amides is 1. The fraction of sp³-hybridized carbons (Fsp3) is 0.150. The first-order valence-electron chi connectivity index (χ1n) is 8.05. The van der Waals surface area contributed by atoms with Gasteiger partial charge in [-0.15, -0.1) is 0 Å². The molecule has 0 spiro atoms. The second-order valence-electron chi connectivity index (χ2n) is 5.94. The second kappa shape index (κ2) is 7.57. The Bertz CT molecular complexity index is 854. The fourth-order valence-corrected chi connectivity index (χ4v) is 2.93. The monoisotopic (exact) mass is 333 g/mol. The Balaban J connectivity index is 1.84. The molecule has 0 saturated carbocycles. The maximum atomic E-state index is 11.5. The van der Waals surface area contributed by atoms with Crippen LogP contribution in [-0.2, 0) is 11.3 Å². The van der Waals surface area contributed by atoms with Crippen molar-refractivity contribution in [3.05, 3.63) is 89.5 Å². The molecule has 126 valence electrons. The number of nitrogens with two attached hydrogens (primary N) is 1. The van der Waals surface area contributed by atoms with Gasteiger partial charge in [-0.05, 0) is 16.7 Å². The molecular weight excluding hydrogens is 314 g/mol. The van der Waals surface area contributed by atoms with Gasteiger partial charge in [0.25, 0.3) is 0 Å². The van der Waals surface area contributed by atoms with E-state index in [1.54, 1.807) is 17.1 Å². The number of rotatable bonds is 7. The molecule has 5 heteroatoms. The van der Waals surface area contributed by atoms with Gasteiger partial charge >= 0.3 is 0 Å². The molecule has 3 aromatic rings. The molecular formula is C20H19N3O2. The standard InChI is InChI=1S/C20H19N3O2/c21-20(25)10-19(16-4-2-1-3-5-16)17-8-6-15(7-9-17)12-23-14-22-11-18(23)13-24/h1-9,11,13-14,19H,10,12H2,(H2,21,25). The van der Waals surface area contributed by atoms with Gasteiger partial charge in [-0.2, -0.15) is 0 Å². The predicted octanol–water partition coefficient (Wildman–Crippen LogP) is 2.75. The summed E-state index contributed by atoms with van der Waals surface area (Å²) in [5.41, 5.74) is 9.13. The molecule has 1 amide bonds. The van der Waals surface area contributed by atoms with Crippen molar-refractivity contribution in [2.75, 3.05) is 0 Å². The number of carbonyl (C=O) groups excluding carboxylic acids is 2. The lowest BCUT2D eigenvalue weighted by atomic mass is 9.88. The summed E-state index contributed by atoms with van der Waals surface area (Å²) in [5, 5.41) is 0. The van der Waals surface area contributed by atoms with Crippen LogP contribution in [0.5, 0.6) is 0 Å². The van der Waals surface area contributed by atoms with E-state index in [0.717, 1.165) is 23.0 Å². The number of imidazole rings is 1. The zero-order valence-electron chi connectivity index (χ0n) is 13.7. The summed E-state index contributed by atoms with van der Waals surface area (Å²) in [6.07, 6.45) is 4.23. The molecule has 25 heavy (non-hydrogen) atoms. The summed E-state index contributed by atoms with van der Waals surface area (Å²) in [6.45, 7) is 0.570. The molecule has 1 aromatic heterocycles. The number of nitrogens with zero attached hydrogens (tertiary/aromatic N) is 2. The zero-order chi connectivity index (χ0) is 17.6. The van der Waals surface area contributed by atoms with Gasteiger partial charge in [0, 0.05) is 18.9 Å². The first kappa shape index (κ1) is 16.6. The Kier molecular flexibility index (Phi) is 5.04. The third kappa shape index (κ3) is 4.01. The van der Waals surface area contributed by atoms with Gasteiger partial charge in [-0.1, -0.05) is 54.6 Å². The van der Waals surface area contributed by atoms with Crippen LogP contribution in [0.3, 0.4) is 0 Å². The van der Waals surface area contributed by atoms with E-state index in [0.29, 0.717) is 12.2 Å². The Labute approximate surface area is 146 Å². The maximum absolute atomic E-state index is 11.5. The van der Waals surface area contributed by atoms with Crippen molar-refractivity contribution >= 4 is 12.2 Å². The number of benzene rings is 2. The van der Waals surface area contributed by atoms with Crippen LogP contribution in [0.4, 0.5) is 0 Å². The normalized spacial score (nSPS) is 11.8. The largest absolute Gasteiger partial charge is 0.370 e. The molecule has 0 aliphatic rings. The van der Waals surface area contributed by atoms with E-state index in [2.05, 4.69) is 4.98 Å². The number of primary amides is 1. The van der Waals surface area contributed by atoms with Crippen LogP contribution in [-0.4, -0.2) is 21.7 Å². The topological polar surface area (TPSA) is 78.0 Å². The van der Waals surface area contributed by atoms with Gasteiger partial charge in [0.1, 0.15) is 5.69 Å². The van der Waals surface area contributed by atoms with Crippen LogP contribution in [0.1, 0.15) is 39.5 Å². The molecule has 2 aromatic carbocycles. The lowest BCUT2D eigenvalue weighted by Gasteiger charge is -2.17. The van der Waals surface area contributed by atoms with Crippen molar-refractivity contribution in [2.45, 2.75) is 18.9 Å². The van der Waals surface area contributed by atoms with Crippen molar-refractivity contribution in [2.24, 2.45) is 5.73 Å². The Morgan fingerprint density at radius 2 is 1.76 bits per heavy atom. The molecule has 5 nitrogen and oxygen atoms in total. The van der Waals surface area contributed by atoms with Crippen LogP contribution < -0.4 is 5.73 Å². The first-order chi connectivity index (χ1) is 12.2. The van der Waals surface area contributed by atoms with Gasteiger partial charge in [0.2, 0.25) is 5.91 Å². The molecule has 0 saturated heterocycles.